The lowest BCUT2D eigenvalue weighted by molar-refractivity contribution is -0.0204. The molecule has 4 aliphatic rings. The number of nitrogens with one attached hydrogen (secondary N) is 1. The average molecular weight is 646 g/mol. The Morgan fingerprint density at radius 3 is 2.59 bits per heavy atom. The molecule has 2 saturated carbocycles. The number of halogens is 1. The van der Waals surface area contributed by atoms with E-state index in [0.29, 0.717) is 47.8 Å². The molecule has 1 aromatic carbocycles. The summed E-state index contributed by atoms with van der Waals surface area (Å²) in [5.74, 6) is -0.257. The number of likely N-dealkylation sites (tertiary alicyclic amines) is 1. The van der Waals surface area contributed by atoms with Crippen molar-refractivity contribution in [1.82, 2.24) is 24.8 Å². The fraction of sp³-hybridized carbons (Fsp3) is 0.486. The monoisotopic (exact) mass is 645 g/mol. The number of pyridine rings is 1. The van der Waals surface area contributed by atoms with E-state index >= 15 is 0 Å². The van der Waals surface area contributed by atoms with Gasteiger partial charge in [-0.25, -0.2) is 14.6 Å². The lowest BCUT2D eigenvalue weighted by atomic mass is 9.72. The first-order chi connectivity index (χ1) is 22.1. The lowest BCUT2D eigenvalue weighted by Crippen LogP contribution is -2.47. The van der Waals surface area contributed by atoms with Crippen LogP contribution in [-0.2, 0) is 22.1 Å². The van der Waals surface area contributed by atoms with Crippen molar-refractivity contribution in [1.29, 1.82) is 0 Å². The van der Waals surface area contributed by atoms with E-state index in [2.05, 4.69) is 10.3 Å². The third-order valence-electron chi connectivity index (χ3n) is 10.1. The van der Waals surface area contributed by atoms with Gasteiger partial charge in [0.05, 0.1) is 30.0 Å². The molecule has 46 heavy (non-hydrogen) atoms. The quantitative estimate of drug-likeness (QED) is 0.320. The molecule has 7 rings (SSSR count). The van der Waals surface area contributed by atoms with Crippen LogP contribution in [0.4, 0.5) is 9.59 Å². The molecule has 2 unspecified atom stereocenters. The van der Waals surface area contributed by atoms with Crippen molar-refractivity contribution in [3.8, 4) is 0 Å². The molecular formula is C35H40ClN5O5. The van der Waals surface area contributed by atoms with Crippen LogP contribution in [0.5, 0.6) is 0 Å². The highest BCUT2D eigenvalue weighted by molar-refractivity contribution is 6.30. The van der Waals surface area contributed by atoms with Crippen LogP contribution in [0.25, 0.3) is 11.6 Å². The first kappa shape index (κ1) is 30.7. The minimum atomic E-state index is -1.50. The van der Waals surface area contributed by atoms with Crippen LogP contribution < -0.4 is 5.32 Å². The number of fused-ring (bicyclic) bond motifs is 2. The van der Waals surface area contributed by atoms with Crippen molar-refractivity contribution < 1.29 is 24.2 Å². The third kappa shape index (κ3) is 5.77. The second kappa shape index (κ2) is 12.0. The predicted molar refractivity (Wildman–Crippen MR) is 173 cm³/mol. The highest BCUT2D eigenvalue weighted by Crippen LogP contribution is 2.50. The number of benzene rings is 1. The number of carbonyl (C=O) groups excluding carboxylic acids is 2. The summed E-state index contributed by atoms with van der Waals surface area (Å²) in [7, 11) is 1.87. The van der Waals surface area contributed by atoms with Gasteiger partial charge in [-0.05, 0) is 105 Å². The number of carbonyl (C=O) groups is 2. The highest BCUT2D eigenvalue weighted by Gasteiger charge is 2.48. The zero-order valence-electron chi connectivity index (χ0n) is 26.2. The van der Waals surface area contributed by atoms with Crippen molar-refractivity contribution in [3.63, 3.8) is 0 Å². The number of ether oxygens (including phenoxy) is 2. The van der Waals surface area contributed by atoms with E-state index in [1.54, 1.807) is 29.7 Å². The number of hydrogen-bond donors (Lipinski definition) is 2. The van der Waals surface area contributed by atoms with Crippen molar-refractivity contribution in [2.24, 2.45) is 13.0 Å². The number of imidazole rings is 1. The van der Waals surface area contributed by atoms with Gasteiger partial charge in [0.15, 0.2) is 0 Å². The largest absolute Gasteiger partial charge is 0.446 e. The lowest BCUT2D eigenvalue weighted by Gasteiger charge is -2.42. The molecule has 3 aliphatic carbocycles. The molecule has 3 aromatic rings. The van der Waals surface area contributed by atoms with Crippen LogP contribution in [-0.4, -0.2) is 61.5 Å². The number of aromatic nitrogens is 3. The number of rotatable bonds is 6. The Balaban J connectivity index is 1.27. The van der Waals surface area contributed by atoms with E-state index in [0.717, 1.165) is 55.4 Å². The van der Waals surface area contributed by atoms with E-state index in [1.807, 2.05) is 48.9 Å². The molecule has 1 saturated heterocycles. The average Bonchev–Trinajstić information content (AvgIpc) is 3.36. The van der Waals surface area contributed by atoms with E-state index in [9.17, 15) is 14.7 Å². The molecule has 2 amide bonds. The van der Waals surface area contributed by atoms with Gasteiger partial charge in [-0.1, -0.05) is 23.7 Å². The van der Waals surface area contributed by atoms with E-state index in [4.69, 9.17) is 26.1 Å². The maximum Gasteiger partial charge on any atom is 0.410 e. The van der Waals surface area contributed by atoms with Crippen molar-refractivity contribution in [2.75, 3.05) is 13.1 Å². The van der Waals surface area contributed by atoms with E-state index < -0.39 is 23.3 Å². The molecule has 3 heterocycles. The van der Waals surface area contributed by atoms with Gasteiger partial charge in [0, 0.05) is 37.3 Å². The standard InChI is InChI=1S/C35H40ClN5O5/c1-34(13-14-34)46-32(42)39-30(29-20-37-21-40(29)2)27-18-22-6-5-15-38-31(22)35(44,28-10-9-24(36)19-26(27)28)23-11-16-41(17-12-23)33(43)45-25-7-3-4-8-25/h5-6,9-10,15,18-21,23,25,30,44H,3-4,7-8,11-14,16-17H2,1-2H3,(H,39,42). The number of hydrogen-bond acceptors (Lipinski definition) is 7. The topological polar surface area (TPSA) is 119 Å². The summed E-state index contributed by atoms with van der Waals surface area (Å²) in [5.41, 5.74) is 2.08. The Hall–Kier alpha value is -3.89. The molecule has 2 N–H and O–H groups in total. The Morgan fingerprint density at radius 2 is 1.89 bits per heavy atom. The Kier molecular flexibility index (Phi) is 8.05. The zero-order valence-corrected chi connectivity index (χ0v) is 27.0. The van der Waals surface area contributed by atoms with Crippen LogP contribution in [0.15, 0.2) is 49.1 Å². The SMILES string of the molecule is Cn1cncc1C(NC(=O)OC1(C)CC1)C1=Cc2cccnc2C(O)(C2CCN(C(=O)OC3CCCC3)CC2)c2ccc(Cl)cc21. The van der Waals surface area contributed by atoms with Crippen molar-refractivity contribution in [3.05, 3.63) is 82.2 Å². The van der Waals surface area contributed by atoms with Gasteiger partial charge >= 0.3 is 12.2 Å². The maximum absolute atomic E-state index is 13.3. The van der Waals surface area contributed by atoms with Crippen LogP contribution in [0.2, 0.25) is 5.02 Å². The third-order valence-corrected chi connectivity index (χ3v) is 10.4. The molecule has 10 nitrogen and oxygen atoms in total. The molecule has 3 fully saturated rings. The van der Waals surface area contributed by atoms with E-state index in [-0.39, 0.29) is 18.1 Å². The molecule has 0 spiro atoms. The van der Waals surface area contributed by atoms with Crippen molar-refractivity contribution >= 4 is 35.4 Å². The minimum absolute atomic E-state index is 0.00105. The second-order valence-electron chi connectivity index (χ2n) is 13.4. The normalized spacial score (nSPS) is 23.0. The summed E-state index contributed by atoms with van der Waals surface area (Å²) < 4.78 is 13.4. The zero-order chi connectivity index (χ0) is 32.1. The predicted octanol–water partition coefficient (Wildman–Crippen LogP) is 6.37. The second-order valence-corrected chi connectivity index (χ2v) is 13.8. The van der Waals surface area contributed by atoms with E-state index in [1.165, 1.54) is 0 Å². The maximum atomic E-state index is 13.3. The number of nitrogens with zero attached hydrogens (tertiary/aromatic N) is 4. The van der Waals surface area contributed by atoms with Crippen LogP contribution in [0.3, 0.4) is 0 Å². The molecule has 0 radical (unpaired) electrons. The number of piperidine rings is 1. The fourth-order valence-electron chi connectivity index (χ4n) is 7.27. The summed E-state index contributed by atoms with van der Waals surface area (Å²) >= 11 is 6.66. The summed E-state index contributed by atoms with van der Waals surface area (Å²) in [6.07, 6.45) is 13.0. The molecule has 0 bridgehead atoms. The summed E-state index contributed by atoms with van der Waals surface area (Å²) in [4.78, 5) is 37.2. The molecule has 11 heteroatoms. The van der Waals surface area contributed by atoms with Gasteiger partial charge in [0.25, 0.3) is 0 Å². The fourth-order valence-corrected chi connectivity index (χ4v) is 7.45. The number of alkyl carbamates (subject to hydrolysis) is 1. The summed E-state index contributed by atoms with van der Waals surface area (Å²) in [5, 5.41) is 16.6. The molecule has 2 aromatic heterocycles. The first-order valence-corrected chi connectivity index (χ1v) is 16.6. The van der Waals surface area contributed by atoms with Gasteiger partial charge in [0.1, 0.15) is 17.3 Å². The van der Waals surface area contributed by atoms with Crippen LogP contribution >= 0.6 is 11.6 Å². The van der Waals surface area contributed by atoms with Crippen molar-refractivity contribution in [2.45, 2.75) is 81.6 Å². The summed E-state index contributed by atoms with van der Waals surface area (Å²) in [6.45, 7) is 2.86. The highest BCUT2D eigenvalue weighted by atomic mass is 35.5. The van der Waals surface area contributed by atoms with Gasteiger partial charge < -0.3 is 29.4 Å². The molecular weight excluding hydrogens is 606 g/mol. The number of aliphatic hydroxyl groups is 1. The Bertz CT molecular complexity index is 1670. The Labute approximate surface area is 273 Å². The molecule has 1 aliphatic heterocycles. The minimum Gasteiger partial charge on any atom is -0.446 e. The van der Waals surface area contributed by atoms with Crippen LogP contribution in [0, 0.1) is 5.92 Å². The Morgan fingerprint density at radius 1 is 1.13 bits per heavy atom. The van der Waals surface area contributed by atoms with Gasteiger partial charge in [-0.3, -0.25) is 4.98 Å². The summed E-state index contributed by atoms with van der Waals surface area (Å²) in [6, 6.07) is 8.57. The smallest absolute Gasteiger partial charge is 0.410 e. The van der Waals surface area contributed by atoms with Gasteiger partial charge in [-0.2, -0.15) is 0 Å². The molecule has 242 valence electrons. The van der Waals surface area contributed by atoms with Gasteiger partial charge in [0.2, 0.25) is 0 Å². The van der Waals surface area contributed by atoms with Crippen LogP contribution in [0.1, 0.15) is 92.4 Å². The first-order valence-electron chi connectivity index (χ1n) is 16.3. The number of amides is 2. The molecule has 2 atom stereocenters. The number of aryl methyl sites for hydroxylation is 1. The van der Waals surface area contributed by atoms with Gasteiger partial charge in [-0.15, -0.1) is 0 Å².